The minimum atomic E-state index is -0.869. The first-order valence-corrected chi connectivity index (χ1v) is 6.12. The molecule has 1 aromatic rings. The molecule has 19 heavy (non-hydrogen) atoms. The third kappa shape index (κ3) is 5.23. The van der Waals surface area contributed by atoms with Gasteiger partial charge in [-0.3, -0.25) is 9.78 Å². The van der Waals surface area contributed by atoms with E-state index in [1.54, 1.807) is 39.4 Å². The molecule has 0 aliphatic carbocycles. The van der Waals surface area contributed by atoms with Gasteiger partial charge in [0.05, 0.1) is 5.60 Å². The van der Waals surface area contributed by atoms with Crippen LogP contribution in [-0.2, 0) is 4.74 Å². The number of amides is 1. The Morgan fingerprint density at radius 2 is 2.32 bits per heavy atom. The van der Waals surface area contributed by atoms with Crippen molar-refractivity contribution in [3.8, 4) is 0 Å². The number of aromatic nitrogens is 1. The van der Waals surface area contributed by atoms with E-state index < -0.39 is 5.60 Å². The van der Waals surface area contributed by atoms with Gasteiger partial charge in [0, 0.05) is 45.6 Å². The van der Waals surface area contributed by atoms with Crippen molar-refractivity contribution in [2.75, 3.05) is 32.6 Å². The predicted molar refractivity (Wildman–Crippen MR) is 73.2 cm³/mol. The van der Waals surface area contributed by atoms with Crippen LogP contribution in [0.3, 0.4) is 0 Å². The van der Waals surface area contributed by atoms with Crippen LogP contribution < -0.4 is 10.6 Å². The molecular formula is C13H21N3O3. The lowest BCUT2D eigenvalue weighted by Crippen LogP contribution is -2.34. The fraction of sp³-hybridized carbons (Fsp3) is 0.538. The van der Waals surface area contributed by atoms with E-state index in [0.29, 0.717) is 25.3 Å². The fourth-order valence-electron chi connectivity index (χ4n) is 1.50. The van der Waals surface area contributed by atoms with Gasteiger partial charge < -0.3 is 20.5 Å². The Morgan fingerprint density at radius 3 is 2.95 bits per heavy atom. The zero-order valence-electron chi connectivity index (χ0n) is 11.6. The number of methoxy groups -OCH3 is 1. The molecule has 0 saturated heterocycles. The molecule has 1 amide bonds. The smallest absolute Gasteiger partial charge is 0.269 e. The van der Waals surface area contributed by atoms with Crippen molar-refractivity contribution in [3.63, 3.8) is 0 Å². The zero-order valence-corrected chi connectivity index (χ0v) is 11.6. The summed E-state index contributed by atoms with van der Waals surface area (Å²) in [4.78, 5) is 15.4. The highest BCUT2D eigenvalue weighted by Crippen LogP contribution is 2.13. The van der Waals surface area contributed by atoms with Crippen molar-refractivity contribution < 1.29 is 14.6 Å². The summed E-state index contributed by atoms with van der Waals surface area (Å²) >= 11 is 0. The summed E-state index contributed by atoms with van der Waals surface area (Å²) in [5, 5.41) is 15.7. The summed E-state index contributed by atoms with van der Waals surface area (Å²) in [5.74, 6) is -0.241. The normalized spacial score (nSPS) is 13.7. The van der Waals surface area contributed by atoms with E-state index in [0.717, 1.165) is 5.69 Å². The van der Waals surface area contributed by atoms with Gasteiger partial charge in [0.25, 0.3) is 5.91 Å². The van der Waals surface area contributed by atoms with Crippen LogP contribution in [0.25, 0.3) is 0 Å². The molecule has 1 atom stereocenters. The second-order valence-corrected chi connectivity index (χ2v) is 4.60. The minimum Gasteiger partial charge on any atom is -0.388 e. The lowest BCUT2D eigenvalue weighted by atomic mass is 10.0. The minimum absolute atomic E-state index is 0.241. The summed E-state index contributed by atoms with van der Waals surface area (Å²) in [6, 6.07) is 3.39. The number of nitrogens with zero attached hydrogens (tertiary/aromatic N) is 1. The molecule has 6 heteroatoms. The van der Waals surface area contributed by atoms with Crippen molar-refractivity contribution in [2.45, 2.75) is 18.9 Å². The highest BCUT2D eigenvalue weighted by molar-refractivity contribution is 5.92. The number of ether oxygens (including phenoxy) is 1. The van der Waals surface area contributed by atoms with Crippen LogP contribution in [0.15, 0.2) is 18.3 Å². The molecule has 1 heterocycles. The summed E-state index contributed by atoms with van der Waals surface area (Å²) < 4.78 is 4.94. The maximum absolute atomic E-state index is 11.4. The Balaban J connectivity index is 2.60. The Morgan fingerprint density at radius 1 is 1.58 bits per heavy atom. The van der Waals surface area contributed by atoms with Crippen LogP contribution in [0, 0.1) is 0 Å². The first-order chi connectivity index (χ1) is 8.98. The third-order valence-corrected chi connectivity index (χ3v) is 2.74. The average Bonchev–Trinajstić information content (AvgIpc) is 2.42. The van der Waals surface area contributed by atoms with Gasteiger partial charge >= 0.3 is 0 Å². The topological polar surface area (TPSA) is 83.5 Å². The second-order valence-electron chi connectivity index (χ2n) is 4.60. The molecule has 0 radical (unpaired) electrons. The van der Waals surface area contributed by atoms with Gasteiger partial charge in [-0.2, -0.15) is 0 Å². The predicted octanol–water partition coefficient (Wildman–Crippen LogP) is 0.641. The number of hydrogen-bond acceptors (Lipinski definition) is 5. The number of aliphatic hydroxyl groups is 1. The highest BCUT2D eigenvalue weighted by atomic mass is 16.5. The van der Waals surface area contributed by atoms with E-state index in [1.165, 1.54) is 0 Å². The van der Waals surface area contributed by atoms with Gasteiger partial charge in [0.1, 0.15) is 5.69 Å². The SMILES string of the molecule is CNC(=O)c1cc(NCC(C)(O)CCOC)ccn1. The lowest BCUT2D eigenvalue weighted by Gasteiger charge is -2.23. The number of nitrogens with one attached hydrogen (secondary N) is 2. The van der Waals surface area contributed by atoms with Crippen LogP contribution in [0.2, 0.25) is 0 Å². The highest BCUT2D eigenvalue weighted by Gasteiger charge is 2.19. The van der Waals surface area contributed by atoms with E-state index in [2.05, 4.69) is 15.6 Å². The van der Waals surface area contributed by atoms with Crippen LogP contribution >= 0.6 is 0 Å². The molecule has 6 nitrogen and oxygen atoms in total. The molecule has 0 fully saturated rings. The van der Waals surface area contributed by atoms with Gasteiger partial charge in [0.15, 0.2) is 0 Å². The van der Waals surface area contributed by atoms with Crippen molar-refractivity contribution >= 4 is 11.6 Å². The monoisotopic (exact) mass is 267 g/mol. The second kappa shape index (κ2) is 7.06. The van der Waals surface area contributed by atoms with Crippen LogP contribution in [0.1, 0.15) is 23.8 Å². The van der Waals surface area contributed by atoms with Gasteiger partial charge in [-0.25, -0.2) is 0 Å². The molecule has 1 unspecified atom stereocenters. The summed E-state index contributed by atoms with van der Waals surface area (Å²) in [7, 11) is 3.15. The lowest BCUT2D eigenvalue weighted by molar-refractivity contribution is 0.0357. The van der Waals surface area contributed by atoms with Crippen LogP contribution in [-0.4, -0.2) is 48.9 Å². The zero-order chi connectivity index (χ0) is 14.3. The number of carbonyl (C=O) groups is 1. The molecule has 0 aliphatic rings. The first-order valence-electron chi connectivity index (χ1n) is 6.12. The Labute approximate surface area is 113 Å². The molecule has 1 rings (SSSR count). The number of hydrogen-bond donors (Lipinski definition) is 3. The van der Waals surface area contributed by atoms with Gasteiger partial charge in [-0.05, 0) is 19.1 Å². The number of anilines is 1. The third-order valence-electron chi connectivity index (χ3n) is 2.74. The number of pyridine rings is 1. The maximum Gasteiger partial charge on any atom is 0.269 e. The maximum atomic E-state index is 11.4. The Kier molecular flexibility index (Phi) is 5.72. The molecule has 3 N–H and O–H groups in total. The van der Waals surface area contributed by atoms with Crippen LogP contribution in [0.5, 0.6) is 0 Å². The molecule has 0 saturated carbocycles. The van der Waals surface area contributed by atoms with E-state index in [1.807, 2.05) is 0 Å². The average molecular weight is 267 g/mol. The van der Waals surface area contributed by atoms with E-state index in [4.69, 9.17) is 4.74 Å². The number of carbonyl (C=O) groups excluding carboxylic acids is 1. The molecule has 0 spiro atoms. The molecule has 0 aliphatic heterocycles. The van der Waals surface area contributed by atoms with Crippen molar-refractivity contribution in [2.24, 2.45) is 0 Å². The van der Waals surface area contributed by atoms with E-state index >= 15 is 0 Å². The van der Waals surface area contributed by atoms with Crippen molar-refractivity contribution in [3.05, 3.63) is 24.0 Å². The van der Waals surface area contributed by atoms with Crippen molar-refractivity contribution in [1.29, 1.82) is 0 Å². The number of rotatable bonds is 7. The Bertz CT molecular complexity index is 421. The summed E-state index contributed by atoms with van der Waals surface area (Å²) in [5.41, 5.74) is 0.210. The standard InChI is InChI=1S/C13H21N3O3/c1-13(18,5-7-19-3)9-16-10-4-6-15-11(8-10)12(17)14-2/h4,6,8,18H,5,7,9H2,1-3H3,(H,14,17)(H,15,16). The summed E-state index contributed by atoms with van der Waals surface area (Å²) in [6.45, 7) is 2.60. The largest absolute Gasteiger partial charge is 0.388 e. The molecule has 106 valence electrons. The van der Waals surface area contributed by atoms with E-state index in [-0.39, 0.29) is 5.91 Å². The summed E-state index contributed by atoms with van der Waals surface area (Å²) in [6.07, 6.45) is 2.08. The van der Waals surface area contributed by atoms with Crippen molar-refractivity contribution in [1.82, 2.24) is 10.3 Å². The first kappa shape index (κ1) is 15.4. The van der Waals surface area contributed by atoms with Crippen LogP contribution in [0.4, 0.5) is 5.69 Å². The van der Waals surface area contributed by atoms with Gasteiger partial charge in [-0.15, -0.1) is 0 Å². The molecular weight excluding hydrogens is 246 g/mol. The van der Waals surface area contributed by atoms with E-state index in [9.17, 15) is 9.90 Å². The molecule has 1 aromatic heterocycles. The Hall–Kier alpha value is -1.66. The molecule has 0 aromatic carbocycles. The van der Waals surface area contributed by atoms with Gasteiger partial charge in [-0.1, -0.05) is 0 Å². The molecule has 0 bridgehead atoms. The quantitative estimate of drug-likeness (QED) is 0.675. The van der Waals surface area contributed by atoms with Gasteiger partial charge in [0.2, 0.25) is 0 Å². The fourth-order valence-corrected chi connectivity index (χ4v) is 1.50.